The van der Waals surface area contributed by atoms with E-state index >= 15 is 0 Å². The lowest BCUT2D eigenvalue weighted by molar-refractivity contribution is 0.0673. The van der Waals surface area contributed by atoms with Crippen molar-refractivity contribution in [3.05, 3.63) is 65.3 Å². The minimum absolute atomic E-state index is 0.0731. The smallest absolute Gasteiger partial charge is 0.261 e. The molecule has 1 atom stereocenters. The zero-order chi connectivity index (χ0) is 19.3. The van der Waals surface area contributed by atoms with Crippen molar-refractivity contribution in [1.82, 2.24) is 4.98 Å². The van der Waals surface area contributed by atoms with E-state index in [1.54, 1.807) is 35.7 Å². The molecular formula is C21H19FN2O3S. The maximum atomic E-state index is 13.4. The first-order valence-corrected chi connectivity index (χ1v) is 9.93. The molecule has 5 nitrogen and oxygen atoms in total. The van der Waals surface area contributed by atoms with Crippen molar-refractivity contribution in [1.29, 1.82) is 0 Å². The summed E-state index contributed by atoms with van der Waals surface area (Å²) in [6, 6.07) is 13.3. The maximum absolute atomic E-state index is 13.4. The second-order valence-corrected chi connectivity index (χ2v) is 7.30. The van der Waals surface area contributed by atoms with E-state index in [-0.39, 0.29) is 17.8 Å². The second kappa shape index (κ2) is 8.50. The van der Waals surface area contributed by atoms with Crippen LogP contribution in [0.3, 0.4) is 0 Å². The van der Waals surface area contributed by atoms with Crippen LogP contribution in [0.15, 0.2) is 53.9 Å². The minimum Gasteiger partial charge on any atom is -0.490 e. The van der Waals surface area contributed by atoms with Crippen LogP contribution in [0.25, 0.3) is 11.3 Å². The van der Waals surface area contributed by atoms with Crippen molar-refractivity contribution >= 4 is 22.4 Å². The molecule has 1 aromatic heterocycles. The van der Waals surface area contributed by atoms with E-state index in [0.717, 1.165) is 19.4 Å². The van der Waals surface area contributed by atoms with Crippen LogP contribution in [0.1, 0.15) is 23.2 Å². The summed E-state index contributed by atoms with van der Waals surface area (Å²) in [7, 11) is 0. The quantitative estimate of drug-likeness (QED) is 0.650. The molecule has 4 rings (SSSR count). The minimum atomic E-state index is -0.326. The molecule has 1 fully saturated rings. The fourth-order valence-corrected chi connectivity index (χ4v) is 3.73. The number of amides is 1. The van der Waals surface area contributed by atoms with Gasteiger partial charge in [0.05, 0.1) is 17.4 Å². The Hall–Kier alpha value is -2.77. The molecule has 7 heteroatoms. The van der Waals surface area contributed by atoms with Crippen molar-refractivity contribution in [2.45, 2.75) is 18.9 Å². The standard InChI is InChI=1S/C21H19FN2O3S/c22-15-6-3-5-14(11-15)18-13-28-21(23-18)24-20(25)17-8-1-2-9-19(17)27-12-16-7-4-10-26-16/h1-3,5-6,8-9,11,13,16H,4,7,10,12H2,(H,23,24,25). The molecule has 1 aliphatic heterocycles. The van der Waals surface area contributed by atoms with Crippen LogP contribution in [-0.4, -0.2) is 30.2 Å². The number of carbonyl (C=O) groups is 1. The predicted molar refractivity (Wildman–Crippen MR) is 106 cm³/mol. The lowest BCUT2D eigenvalue weighted by Crippen LogP contribution is -2.19. The molecule has 2 aromatic carbocycles. The van der Waals surface area contributed by atoms with Gasteiger partial charge in [-0.25, -0.2) is 9.37 Å². The van der Waals surface area contributed by atoms with E-state index in [9.17, 15) is 9.18 Å². The number of hydrogen-bond acceptors (Lipinski definition) is 5. The van der Waals surface area contributed by atoms with Crippen LogP contribution in [0.2, 0.25) is 0 Å². The highest BCUT2D eigenvalue weighted by molar-refractivity contribution is 7.14. The molecule has 0 saturated carbocycles. The number of nitrogens with zero attached hydrogens (tertiary/aromatic N) is 1. The summed E-state index contributed by atoms with van der Waals surface area (Å²) in [6.45, 7) is 1.18. The van der Waals surface area contributed by atoms with Gasteiger partial charge in [-0.15, -0.1) is 11.3 Å². The van der Waals surface area contributed by atoms with Crippen molar-refractivity contribution in [2.24, 2.45) is 0 Å². The first-order chi connectivity index (χ1) is 13.7. The number of halogens is 1. The molecule has 1 unspecified atom stereocenters. The third-order valence-electron chi connectivity index (χ3n) is 4.43. The first-order valence-electron chi connectivity index (χ1n) is 9.05. The summed E-state index contributed by atoms with van der Waals surface area (Å²) < 4.78 is 24.8. The Morgan fingerprint density at radius 3 is 3.00 bits per heavy atom. The van der Waals surface area contributed by atoms with Gasteiger partial charge in [0.2, 0.25) is 0 Å². The molecule has 0 bridgehead atoms. The van der Waals surface area contributed by atoms with Gasteiger partial charge in [-0.1, -0.05) is 24.3 Å². The molecule has 3 aromatic rings. The highest BCUT2D eigenvalue weighted by Crippen LogP contribution is 2.27. The Balaban J connectivity index is 1.45. The molecule has 144 valence electrons. The van der Waals surface area contributed by atoms with E-state index in [4.69, 9.17) is 9.47 Å². The van der Waals surface area contributed by atoms with Gasteiger partial charge in [0.15, 0.2) is 5.13 Å². The van der Waals surface area contributed by atoms with E-state index in [0.29, 0.717) is 34.3 Å². The number of anilines is 1. The predicted octanol–water partition coefficient (Wildman–Crippen LogP) is 4.76. The molecule has 0 spiro atoms. The van der Waals surface area contributed by atoms with Gasteiger partial charge in [-0.3, -0.25) is 10.1 Å². The molecule has 2 heterocycles. The van der Waals surface area contributed by atoms with Crippen molar-refractivity contribution in [2.75, 3.05) is 18.5 Å². The summed E-state index contributed by atoms with van der Waals surface area (Å²) in [5.74, 6) is -0.117. The third kappa shape index (κ3) is 4.37. The SMILES string of the molecule is O=C(Nc1nc(-c2cccc(F)c2)cs1)c1ccccc1OCC1CCCO1. The monoisotopic (exact) mass is 398 g/mol. The Kier molecular flexibility index (Phi) is 5.64. The van der Waals surface area contributed by atoms with Gasteiger partial charge >= 0.3 is 0 Å². The summed E-state index contributed by atoms with van der Waals surface area (Å²) in [5.41, 5.74) is 1.71. The number of hydrogen-bond donors (Lipinski definition) is 1. The Labute approximate surface area is 166 Å². The average Bonchev–Trinajstić information content (AvgIpc) is 3.39. The van der Waals surface area contributed by atoms with Crippen LogP contribution in [0.4, 0.5) is 9.52 Å². The fourth-order valence-electron chi connectivity index (χ4n) is 3.01. The Morgan fingerprint density at radius 1 is 1.29 bits per heavy atom. The summed E-state index contributed by atoms with van der Waals surface area (Å²) in [4.78, 5) is 17.1. The average molecular weight is 398 g/mol. The molecule has 1 aliphatic rings. The van der Waals surface area contributed by atoms with E-state index < -0.39 is 0 Å². The molecule has 1 amide bonds. The zero-order valence-electron chi connectivity index (χ0n) is 15.1. The van der Waals surface area contributed by atoms with Crippen LogP contribution in [0, 0.1) is 5.82 Å². The number of carbonyl (C=O) groups excluding carboxylic acids is 1. The lowest BCUT2D eigenvalue weighted by Gasteiger charge is -2.14. The van der Waals surface area contributed by atoms with E-state index in [1.165, 1.54) is 23.5 Å². The van der Waals surface area contributed by atoms with Crippen LogP contribution in [-0.2, 0) is 4.74 Å². The van der Waals surface area contributed by atoms with Gasteiger partial charge < -0.3 is 9.47 Å². The summed E-state index contributed by atoms with van der Waals surface area (Å²) in [6.07, 6.45) is 2.08. The van der Waals surface area contributed by atoms with Crippen LogP contribution >= 0.6 is 11.3 Å². The van der Waals surface area contributed by atoms with Gasteiger partial charge in [0.1, 0.15) is 18.2 Å². The van der Waals surface area contributed by atoms with Crippen molar-refractivity contribution < 1.29 is 18.7 Å². The van der Waals surface area contributed by atoms with Crippen LogP contribution in [0.5, 0.6) is 5.75 Å². The van der Waals surface area contributed by atoms with Gasteiger partial charge in [0.25, 0.3) is 5.91 Å². The van der Waals surface area contributed by atoms with Gasteiger partial charge in [-0.05, 0) is 37.1 Å². The van der Waals surface area contributed by atoms with Gasteiger partial charge in [0, 0.05) is 17.6 Å². The number of rotatable bonds is 6. The number of benzene rings is 2. The first kappa shape index (κ1) is 18.6. The number of nitrogens with one attached hydrogen (secondary N) is 1. The molecule has 28 heavy (non-hydrogen) atoms. The van der Waals surface area contributed by atoms with Crippen LogP contribution < -0.4 is 10.1 Å². The summed E-state index contributed by atoms with van der Waals surface area (Å²) >= 11 is 1.29. The van der Waals surface area contributed by atoms with E-state index in [2.05, 4.69) is 10.3 Å². The largest absolute Gasteiger partial charge is 0.490 e. The lowest BCUT2D eigenvalue weighted by atomic mass is 10.2. The normalized spacial score (nSPS) is 16.1. The number of aromatic nitrogens is 1. The fraction of sp³-hybridized carbons (Fsp3) is 0.238. The molecule has 1 N–H and O–H groups in total. The second-order valence-electron chi connectivity index (χ2n) is 6.44. The Morgan fingerprint density at radius 2 is 2.18 bits per heavy atom. The highest BCUT2D eigenvalue weighted by atomic mass is 32.1. The number of ether oxygens (including phenoxy) is 2. The zero-order valence-corrected chi connectivity index (χ0v) is 15.9. The topological polar surface area (TPSA) is 60.5 Å². The third-order valence-corrected chi connectivity index (χ3v) is 5.18. The van der Waals surface area contributed by atoms with Crippen molar-refractivity contribution in [3.63, 3.8) is 0 Å². The molecular weight excluding hydrogens is 379 g/mol. The number of para-hydroxylation sites is 1. The summed E-state index contributed by atoms with van der Waals surface area (Å²) in [5, 5.41) is 5.02. The van der Waals surface area contributed by atoms with Gasteiger partial charge in [-0.2, -0.15) is 0 Å². The number of thiazole rings is 1. The molecule has 0 aliphatic carbocycles. The maximum Gasteiger partial charge on any atom is 0.261 e. The van der Waals surface area contributed by atoms with Crippen molar-refractivity contribution in [3.8, 4) is 17.0 Å². The van der Waals surface area contributed by atoms with E-state index in [1.807, 2.05) is 6.07 Å². The Bertz CT molecular complexity index is 970. The highest BCUT2D eigenvalue weighted by Gasteiger charge is 2.19. The molecule has 0 radical (unpaired) electrons. The molecule has 1 saturated heterocycles.